The summed E-state index contributed by atoms with van der Waals surface area (Å²) in [5, 5.41) is 3.98. The van der Waals surface area contributed by atoms with Gasteiger partial charge in [-0.25, -0.2) is 8.78 Å². The maximum atomic E-state index is 12.7. The molecule has 0 aliphatic rings. The zero-order valence-electron chi connectivity index (χ0n) is 8.00. The van der Waals surface area contributed by atoms with Crippen molar-refractivity contribution in [3.05, 3.63) is 22.4 Å². The van der Waals surface area contributed by atoms with E-state index in [1.54, 1.807) is 6.07 Å². The van der Waals surface area contributed by atoms with Crippen molar-refractivity contribution in [2.24, 2.45) is 5.73 Å². The number of hydrogen-bond donors (Lipinski definition) is 2. The molecule has 0 aliphatic carbocycles. The van der Waals surface area contributed by atoms with Crippen LogP contribution < -0.4 is 11.1 Å². The number of carbonyl (C=O) groups excluding carboxylic acids is 1. The smallest absolute Gasteiger partial charge is 0.277 e. The highest BCUT2D eigenvalue weighted by Crippen LogP contribution is 2.10. The molecule has 0 radical (unpaired) electrons. The molecule has 0 saturated carbocycles. The molecule has 0 spiro atoms. The van der Waals surface area contributed by atoms with Crippen molar-refractivity contribution >= 4 is 17.2 Å². The van der Waals surface area contributed by atoms with E-state index in [0.717, 1.165) is 4.88 Å². The minimum absolute atomic E-state index is 0.137. The van der Waals surface area contributed by atoms with Gasteiger partial charge in [0.1, 0.15) is 0 Å². The lowest BCUT2D eigenvalue weighted by Gasteiger charge is -2.14. The molecule has 0 unspecified atom stereocenters. The van der Waals surface area contributed by atoms with Crippen LogP contribution in [-0.2, 0) is 11.2 Å². The van der Waals surface area contributed by atoms with Gasteiger partial charge in [-0.05, 0) is 11.4 Å². The molecule has 6 heteroatoms. The second-order valence-electron chi connectivity index (χ2n) is 3.09. The highest BCUT2D eigenvalue weighted by molar-refractivity contribution is 7.10. The molecule has 0 bridgehead atoms. The third-order valence-corrected chi connectivity index (χ3v) is 2.63. The number of hydrogen-bond acceptors (Lipinski definition) is 3. The van der Waals surface area contributed by atoms with Gasteiger partial charge in [0.2, 0.25) is 5.91 Å². The third-order valence-electron chi connectivity index (χ3n) is 1.76. The first-order chi connectivity index (χ1) is 7.03. The minimum atomic E-state index is -3.02. The van der Waals surface area contributed by atoms with Crippen LogP contribution in [0.5, 0.6) is 0 Å². The van der Waals surface area contributed by atoms with E-state index < -0.39 is 24.9 Å². The van der Waals surface area contributed by atoms with E-state index >= 15 is 0 Å². The van der Waals surface area contributed by atoms with Crippen LogP contribution in [0.3, 0.4) is 0 Å². The van der Waals surface area contributed by atoms with Gasteiger partial charge in [0.25, 0.3) is 5.92 Å². The number of alkyl halides is 2. The number of nitrogens with two attached hydrogens (primary N) is 1. The van der Waals surface area contributed by atoms with Crippen LogP contribution in [0.15, 0.2) is 17.5 Å². The van der Waals surface area contributed by atoms with Crippen LogP contribution >= 0.6 is 11.3 Å². The van der Waals surface area contributed by atoms with E-state index in [1.807, 2.05) is 11.4 Å². The molecule has 0 aliphatic heterocycles. The number of carbonyl (C=O) groups is 1. The SMILES string of the molecule is NCC(F)(F)CNC(=O)Cc1cccs1. The predicted octanol–water partition coefficient (Wildman–Crippen LogP) is 1.00. The molecule has 84 valence electrons. The molecule has 3 N–H and O–H groups in total. The number of amides is 1. The summed E-state index contributed by atoms with van der Waals surface area (Å²) in [4.78, 5) is 12.0. The van der Waals surface area contributed by atoms with Crippen LogP contribution in [0, 0.1) is 0 Å². The summed E-state index contributed by atoms with van der Waals surface area (Å²) >= 11 is 1.42. The Morgan fingerprint density at radius 2 is 2.33 bits per heavy atom. The Kier molecular flexibility index (Phi) is 4.16. The number of halogens is 2. The quantitative estimate of drug-likeness (QED) is 0.798. The topological polar surface area (TPSA) is 55.1 Å². The first-order valence-corrected chi connectivity index (χ1v) is 5.28. The number of nitrogens with one attached hydrogen (secondary N) is 1. The van der Waals surface area contributed by atoms with Crippen molar-refractivity contribution in [2.75, 3.05) is 13.1 Å². The summed E-state index contributed by atoms with van der Waals surface area (Å²) in [5.74, 6) is -3.43. The summed E-state index contributed by atoms with van der Waals surface area (Å²) in [5.41, 5.74) is 4.83. The second kappa shape index (κ2) is 5.18. The summed E-state index contributed by atoms with van der Waals surface area (Å²) in [6, 6.07) is 3.59. The van der Waals surface area contributed by atoms with E-state index in [-0.39, 0.29) is 6.42 Å². The van der Waals surface area contributed by atoms with Gasteiger partial charge in [-0.2, -0.15) is 0 Å². The van der Waals surface area contributed by atoms with Crippen molar-refractivity contribution in [1.29, 1.82) is 0 Å². The summed E-state index contributed by atoms with van der Waals surface area (Å²) < 4.78 is 25.3. The Morgan fingerprint density at radius 3 is 2.87 bits per heavy atom. The molecule has 1 aromatic heterocycles. The Morgan fingerprint density at radius 1 is 1.60 bits per heavy atom. The molecule has 1 aromatic rings. The molecule has 1 heterocycles. The first-order valence-electron chi connectivity index (χ1n) is 4.40. The van der Waals surface area contributed by atoms with Crippen LogP contribution in [-0.4, -0.2) is 24.9 Å². The largest absolute Gasteiger partial charge is 0.350 e. The molecule has 15 heavy (non-hydrogen) atoms. The van der Waals surface area contributed by atoms with E-state index in [4.69, 9.17) is 5.73 Å². The van der Waals surface area contributed by atoms with Gasteiger partial charge < -0.3 is 11.1 Å². The van der Waals surface area contributed by atoms with Gasteiger partial charge in [0.05, 0.1) is 19.5 Å². The first kappa shape index (κ1) is 12.1. The highest BCUT2D eigenvalue weighted by Gasteiger charge is 2.27. The van der Waals surface area contributed by atoms with E-state index in [1.165, 1.54) is 11.3 Å². The van der Waals surface area contributed by atoms with Crippen molar-refractivity contribution in [1.82, 2.24) is 5.32 Å². The summed E-state index contributed by atoms with van der Waals surface area (Å²) in [6.45, 7) is -1.46. The fourth-order valence-electron chi connectivity index (χ4n) is 0.934. The molecule has 0 atom stereocenters. The number of rotatable bonds is 5. The lowest BCUT2D eigenvalue weighted by atomic mass is 10.3. The zero-order chi connectivity index (χ0) is 11.3. The molecule has 1 amide bonds. The van der Waals surface area contributed by atoms with Crippen LogP contribution in [0.4, 0.5) is 8.78 Å². The van der Waals surface area contributed by atoms with Gasteiger partial charge in [0.15, 0.2) is 0 Å². The lowest BCUT2D eigenvalue weighted by molar-refractivity contribution is -0.122. The zero-order valence-corrected chi connectivity index (χ0v) is 8.82. The van der Waals surface area contributed by atoms with Gasteiger partial charge in [-0.1, -0.05) is 6.07 Å². The van der Waals surface area contributed by atoms with Gasteiger partial charge in [-0.15, -0.1) is 11.3 Å². The Balaban J connectivity index is 2.31. The van der Waals surface area contributed by atoms with Gasteiger partial charge in [0, 0.05) is 4.88 Å². The summed E-state index contributed by atoms with van der Waals surface area (Å²) in [7, 11) is 0. The van der Waals surface area contributed by atoms with Crippen LogP contribution in [0.25, 0.3) is 0 Å². The number of thiophene rings is 1. The molecule has 0 fully saturated rings. The van der Waals surface area contributed by atoms with Gasteiger partial charge >= 0.3 is 0 Å². The third kappa shape index (κ3) is 4.35. The lowest BCUT2D eigenvalue weighted by Crippen LogP contribution is -2.41. The van der Waals surface area contributed by atoms with Gasteiger partial charge in [-0.3, -0.25) is 4.79 Å². The molecular weight excluding hydrogens is 222 g/mol. The van der Waals surface area contributed by atoms with Crippen molar-refractivity contribution < 1.29 is 13.6 Å². The average molecular weight is 234 g/mol. The normalized spacial score (nSPS) is 11.4. The van der Waals surface area contributed by atoms with Crippen molar-refractivity contribution in [2.45, 2.75) is 12.3 Å². The maximum Gasteiger partial charge on any atom is 0.277 e. The van der Waals surface area contributed by atoms with E-state index in [9.17, 15) is 13.6 Å². The molecule has 1 rings (SSSR count). The maximum absolute atomic E-state index is 12.7. The highest BCUT2D eigenvalue weighted by atomic mass is 32.1. The Hall–Kier alpha value is -1.01. The molecule has 0 aromatic carbocycles. The average Bonchev–Trinajstić information content (AvgIpc) is 2.68. The predicted molar refractivity (Wildman–Crippen MR) is 55.0 cm³/mol. The van der Waals surface area contributed by atoms with E-state index in [2.05, 4.69) is 5.32 Å². The fraction of sp³-hybridized carbons (Fsp3) is 0.444. The van der Waals surface area contributed by atoms with Crippen LogP contribution in [0.2, 0.25) is 0 Å². The van der Waals surface area contributed by atoms with Crippen molar-refractivity contribution in [3.63, 3.8) is 0 Å². The minimum Gasteiger partial charge on any atom is -0.350 e. The van der Waals surface area contributed by atoms with E-state index in [0.29, 0.717) is 0 Å². The molecular formula is C9H12F2N2OS. The Labute approximate surface area is 90.3 Å². The standard InChI is InChI=1S/C9H12F2N2OS/c10-9(11,5-12)6-13-8(14)4-7-2-1-3-15-7/h1-3H,4-6,12H2,(H,13,14). The monoisotopic (exact) mass is 234 g/mol. The molecule has 0 saturated heterocycles. The summed E-state index contributed by atoms with van der Waals surface area (Å²) in [6.07, 6.45) is 0.137. The Bertz CT molecular complexity index is 314. The fourth-order valence-corrected chi connectivity index (χ4v) is 1.64. The van der Waals surface area contributed by atoms with Crippen LogP contribution in [0.1, 0.15) is 4.88 Å². The molecule has 3 nitrogen and oxygen atoms in total. The second-order valence-corrected chi connectivity index (χ2v) is 4.13. The van der Waals surface area contributed by atoms with Crippen molar-refractivity contribution in [3.8, 4) is 0 Å².